The lowest BCUT2D eigenvalue weighted by Gasteiger charge is -2.35. The third kappa shape index (κ3) is 5.71. The fraction of sp³-hybridized carbons (Fsp3) is 0.273. The Kier molecular flexibility index (Phi) is 6.96. The van der Waals surface area contributed by atoms with Crippen molar-refractivity contribution in [2.75, 3.05) is 48.7 Å². The summed E-state index contributed by atoms with van der Waals surface area (Å²) in [5.74, 6) is 0.440. The number of hydrogen-bond acceptors (Lipinski definition) is 8. The van der Waals surface area contributed by atoms with Crippen molar-refractivity contribution in [1.82, 2.24) is 20.1 Å². The normalized spacial score (nSPS) is 14.4. The van der Waals surface area contributed by atoms with Crippen LogP contribution in [-0.4, -0.2) is 64.5 Å². The molecule has 0 atom stereocenters. The van der Waals surface area contributed by atoms with Crippen LogP contribution in [0.4, 0.5) is 11.4 Å². The average Bonchev–Trinajstić information content (AvgIpc) is 3.29. The Morgan fingerprint density at radius 3 is 2.68 bits per heavy atom. The summed E-state index contributed by atoms with van der Waals surface area (Å²) in [7, 11) is 0. The molecule has 0 radical (unpaired) electrons. The zero-order valence-corrected chi connectivity index (χ0v) is 17.9. The lowest BCUT2D eigenvalue weighted by Crippen LogP contribution is -2.46. The number of amides is 1. The molecule has 0 spiro atoms. The number of carbonyl (C=O) groups is 1. The molecule has 0 bridgehead atoms. The van der Waals surface area contributed by atoms with E-state index < -0.39 is 0 Å². The minimum absolute atomic E-state index is 0.128. The predicted molar refractivity (Wildman–Crippen MR) is 122 cm³/mol. The van der Waals surface area contributed by atoms with E-state index >= 15 is 0 Å². The van der Waals surface area contributed by atoms with Gasteiger partial charge in [0.2, 0.25) is 11.8 Å². The van der Waals surface area contributed by atoms with Crippen molar-refractivity contribution < 1.29 is 9.21 Å². The van der Waals surface area contributed by atoms with Crippen molar-refractivity contribution >= 4 is 29.0 Å². The summed E-state index contributed by atoms with van der Waals surface area (Å²) in [5.41, 5.74) is 2.68. The predicted octanol–water partition coefficient (Wildman–Crippen LogP) is 3.17. The van der Waals surface area contributed by atoms with Crippen LogP contribution in [0.1, 0.15) is 0 Å². The summed E-state index contributed by atoms with van der Waals surface area (Å²) >= 11 is 1.20. The van der Waals surface area contributed by atoms with Crippen molar-refractivity contribution in [2.24, 2.45) is 0 Å². The van der Waals surface area contributed by atoms with E-state index in [0.717, 1.165) is 44.0 Å². The molecule has 1 aliphatic heterocycles. The molecule has 4 rings (SSSR count). The maximum atomic E-state index is 12.3. The van der Waals surface area contributed by atoms with Gasteiger partial charge in [0.15, 0.2) is 0 Å². The first kappa shape index (κ1) is 21.1. The monoisotopic (exact) mass is 436 g/mol. The second-order valence-electron chi connectivity index (χ2n) is 7.07. The van der Waals surface area contributed by atoms with E-state index in [-0.39, 0.29) is 11.7 Å². The first-order valence-electron chi connectivity index (χ1n) is 10.1. The number of aromatic nitrogens is 3. The van der Waals surface area contributed by atoms with Crippen LogP contribution in [0.5, 0.6) is 0 Å². The molecule has 9 heteroatoms. The lowest BCUT2D eigenvalue weighted by atomic mass is 10.2. The van der Waals surface area contributed by atoms with E-state index in [1.165, 1.54) is 17.4 Å². The molecule has 8 nitrogen and oxygen atoms in total. The summed E-state index contributed by atoms with van der Waals surface area (Å²) in [4.78, 5) is 21.1. The Morgan fingerprint density at radius 1 is 1.16 bits per heavy atom. The Morgan fingerprint density at radius 2 is 1.97 bits per heavy atom. The molecule has 1 aromatic carbocycles. The number of piperazine rings is 1. The topological polar surface area (TPSA) is 87.4 Å². The number of pyridine rings is 1. The van der Waals surface area contributed by atoms with Gasteiger partial charge in [-0.2, -0.15) is 0 Å². The van der Waals surface area contributed by atoms with Crippen LogP contribution >= 0.6 is 11.8 Å². The first-order valence-corrected chi connectivity index (χ1v) is 11.0. The van der Waals surface area contributed by atoms with Crippen molar-refractivity contribution in [3.05, 3.63) is 61.4 Å². The Bertz CT molecular complexity index is 1000. The van der Waals surface area contributed by atoms with Gasteiger partial charge in [-0.25, -0.2) is 0 Å². The largest absolute Gasteiger partial charge is 0.411 e. The number of benzene rings is 1. The zero-order chi connectivity index (χ0) is 21.5. The van der Waals surface area contributed by atoms with Crippen LogP contribution in [0.3, 0.4) is 0 Å². The highest BCUT2D eigenvalue weighted by molar-refractivity contribution is 7.99. The first-order chi connectivity index (χ1) is 15.2. The number of nitrogens with one attached hydrogen (secondary N) is 1. The molecule has 2 aromatic heterocycles. The van der Waals surface area contributed by atoms with Crippen molar-refractivity contribution in [3.63, 3.8) is 0 Å². The van der Waals surface area contributed by atoms with Crippen LogP contribution in [0.25, 0.3) is 11.5 Å². The highest BCUT2D eigenvalue weighted by Gasteiger charge is 2.16. The van der Waals surface area contributed by atoms with E-state index in [2.05, 4.69) is 36.9 Å². The maximum absolute atomic E-state index is 12.3. The van der Waals surface area contributed by atoms with Gasteiger partial charge in [0, 0.05) is 56.5 Å². The van der Waals surface area contributed by atoms with Gasteiger partial charge in [-0.1, -0.05) is 17.8 Å². The third-order valence-corrected chi connectivity index (χ3v) is 5.74. The number of hydrogen-bond donors (Lipinski definition) is 1. The highest BCUT2D eigenvalue weighted by Crippen LogP contribution is 2.23. The molecule has 1 amide bonds. The summed E-state index contributed by atoms with van der Waals surface area (Å²) in [6, 6.07) is 11.6. The smallest absolute Gasteiger partial charge is 0.277 e. The van der Waals surface area contributed by atoms with E-state index in [1.807, 2.05) is 36.4 Å². The maximum Gasteiger partial charge on any atom is 0.277 e. The van der Waals surface area contributed by atoms with Gasteiger partial charge < -0.3 is 14.6 Å². The van der Waals surface area contributed by atoms with E-state index in [4.69, 9.17) is 4.42 Å². The van der Waals surface area contributed by atoms with E-state index in [1.54, 1.807) is 18.5 Å². The highest BCUT2D eigenvalue weighted by atomic mass is 32.2. The van der Waals surface area contributed by atoms with Gasteiger partial charge in [-0.15, -0.1) is 16.8 Å². The standard InChI is InChI=1S/C22H24N6O2S/c1-2-10-27-11-13-28(14-12-27)19-7-5-18(6-8-19)24-20(29)16-31-22-26-25-21(30-22)17-4-3-9-23-15-17/h2-9,15H,1,10-14,16H2,(H,24,29). The molecule has 1 N–H and O–H groups in total. The Balaban J connectivity index is 1.25. The van der Waals surface area contributed by atoms with Gasteiger partial charge in [0.25, 0.3) is 5.22 Å². The number of thioether (sulfide) groups is 1. The molecule has 1 fully saturated rings. The molecule has 3 heterocycles. The summed E-state index contributed by atoms with van der Waals surface area (Å²) in [6.07, 6.45) is 5.28. The lowest BCUT2D eigenvalue weighted by molar-refractivity contribution is -0.113. The molecule has 1 saturated heterocycles. The quantitative estimate of drug-likeness (QED) is 0.426. The molecule has 31 heavy (non-hydrogen) atoms. The van der Waals surface area contributed by atoms with E-state index in [0.29, 0.717) is 11.1 Å². The van der Waals surface area contributed by atoms with Crippen molar-refractivity contribution in [3.8, 4) is 11.5 Å². The molecule has 0 aliphatic carbocycles. The second-order valence-corrected chi connectivity index (χ2v) is 8.00. The average molecular weight is 437 g/mol. The van der Waals surface area contributed by atoms with Gasteiger partial charge in [-0.05, 0) is 36.4 Å². The van der Waals surface area contributed by atoms with E-state index in [9.17, 15) is 4.79 Å². The number of nitrogens with zero attached hydrogens (tertiary/aromatic N) is 5. The molecule has 3 aromatic rings. The van der Waals surface area contributed by atoms with Gasteiger partial charge in [-0.3, -0.25) is 14.7 Å². The van der Waals surface area contributed by atoms with Crippen molar-refractivity contribution in [1.29, 1.82) is 0 Å². The summed E-state index contributed by atoms with van der Waals surface area (Å²) in [6.45, 7) is 8.77. The Labute approximate surface area is 185 Å². The van der Waals surface area contributed by atoms with Gasteiger partial charge in [0.05, 0.1) is 11.3 Å². The molecule has 0 unspecified atom stereocenters. The van der Waals surface area contributed by atoms with Crippen LogP contribution in [-0.2, 0) is 4.79 Å². The molecule has 1 aliphatic rings. The van der Waals surface area contributed by atoms with Crippen molar-refractivity contribution in [2.45, 2.75) is 5.22 Å². The van der Waals surface area contributed by atoms with Crippen LogP contribution in [0, 0.1) is 0 Å². The van der Waals surface area contributed by atoms with Gasteiger partial charge >= 0.3 is 0 Å². The summed E-state index contributed by atoms with van der Waals surface area (Å²) in [5, 5.41) is 11.2. The van der Waals surface area contributed by atoms with Crippen LogP contribution < -0.4 is 10.2 Å². The Hall–Kier alpha value is -3.17. The zero-order valence-electron chi connectivity index (χ0n) is 17.1. The minimum Gasteiger partial charge on any atom is -0.411 e. The molecule has 160 valence electrons. The van der Waals surface area contributed by atoms with Gasteiger partial charge in [0.1, 0.15) is 0 Å². The van der Waals surface area contributed by atoms with Crippen LogP contribution in [0.15, 0.2) is 71.1 Å². The fourth-order valence-electron chi connectivity index (χ4n) is 3.33. The SMILES string of the molecule is C=CCN1CCN(c2ccc(NC(=O)CSc3nnc(-c4cccnc4)o3)cc2)CC1. The number of carbonyl (C=O) groups excluding carboxylic acids is 1. The summed E-state index contributed by atoms with van der Waals surface area (Å²) < 4.78 is 5.58. The van der Waals surface area contributed by atoms with Crippen LogP contribution in [0.2, 0.25) is 0 Å². The minimum atomic E-state index is -0.128. The molecule has 0 saturated carbocycles. The third-order valence-electron chi connectivity index (χ3n) is 4.92. The second kappa shape index (κ2) is 10.2. The number of rotatable bonds is 8. The fourth-order valence-corrected chi connectivity index (χ4v) is 3.89. The number of anilines is 2. The molecular formula is C22H24N6O2S. The molecular weight excluding hydrogens is 412 g/mol.